The molecule has 0 aliphatic heterocycles. The van der Waals surface area contributed by atoms with Gasteiger partial charge < -0.3 is 0 Å². The van der Waals surface area contributed by atoms with Gasteiger partial charge in [-0.05, 0) is 55.7 Å². The van der Waals surface area contributed by atoms with Gasteiger partial charge in [-0.3, -0.25) is 4.79 Å². The minimum atomic E-state index is -0.0164. The van der Waals surface area contributed by atoms with Gasteiger partial charge in [0.2, 0.25) is 0 Å². The topological polar surface area (TPSA) is 17.1 Å². The Morgan fingerprint density at radius 3 is 2.26 bits per heavy atom. The summed E-state index contributed by atoms with van der Waals surface area (Å²) >= 11 is 12.1. The molecule has 0 radical (unpaired) electrons. The zero-order chi connectivity index (χ0) is 14.2. The van der Waals surface area contributed by atoms with Crippen molar-refractivity contribution < 1.29 is 4.79 Å². The molecule has 0 spiro atoms. The lowest BCUT2D eigenvalue weighted by molar-refractivity contribution is 0.103. The molecule has 0 heterocycles. The van der Waals surface area contributed by atoms with Crippen LogP contribution in [0.4, 0.5) is 0 Å². The third kappa shape index (κ3) is 2.68. The van der Waals surface area contributed by atoms with Crippen molar-refractivity contribution >= 4 is 29.0 Å². The summed E-state index contributed by atoms with van der Waals surface area (Å²) in [6.45, 7) is 5.63. The van der Waals surface area contributed by atoms with Crippen LogP contribution in [0, 0.1) is 20.8 Å². The van der Waals surface area contributed by atoms with E-state index < -0.39 is 0 Å². The Morgan fingerprint density at radius 2 is 1.58 bits per heavy atom. The summed E-state index contributed by atoms with van der Waals surface area (Å²) in [5, 5.41) is 1.28. The summed E-state index contributed by atoms with van der Waals surface area (Å²) in [5.41, 5.74) is 3.89. The molecule has 98 valence electrons. The van der Waals surface area contributed by atoms with Crippen LogP contribution in [0.3, 0.4) is 0 Å². The van der Waals surface area contributed by atoms with Crippen molar-refractivity contribution in [3.05, 3.63) is 68.2 Å². The van der Waals surface area contributed by atoms with Crippen LogP contribution < -0.4 is 0 Å². The lowest BCUT2D eigenvalue weighted by Gasteiger charge is -2.10. The van der Waals surface area contributed by atoms with Gasteiger partial charge in [0.05, 0.1) is 0 Å². The van der Waals surface area contributed by atoms with Gasteiger partial charge in [-0.25, -0.2) is 0 Å². The smallest absolute Gasteiger partial charge is 0.193 e. The fourth-order valence-corrected chi connectivity index (χ4v) is 2.42. The van der Waals surface area contributed by atoms with Gasteiger partial charge in [0.1, 0.15) is 0 Å². The SMILES string of the molecule is Cc1cc(C(=O)c2cccc(Cl)c2C)c(C)cc1Cl. The summed E-state index contributed by atoms with van der Waals surface area (Å²) in [6, 6.07) is 9.03. The number of hydrogen-bond acceptors (Lipinski definition) is 1. The first-order valence-corrected chi connectivity index (χ1v) is 6.74. The van der Waals surface area contributed by atoms with Crippen LogP contribution in [-0.2, 0) is 0 Å². The van der Waals surface area contributed by atoms with Crippen molar-refractivity contribution in [3.63, 3.8) is 0 Å². The number of carbonyl (C=O) groups excluding carboxylic acids is 1. The highest BCUT2D eigenvalue weighted by Crippen LogP contribution is 2.25. The minimum absolute atomic E-state index is 0.0164. The third-order valence-electron chi connectivity index (χ3n) is 3.26. The number of benzene rings is 2. The second kappa shape index (κ2) is 5.36. The quantitative estimate of drug-likeness (QED) is 0.700. The number of rotatable bonds is 2. The van der Waals surface area contributed by atoms with Crippen molar-refractivity contribution in [2.24, 2.45) is 0 Å². The van der Waals surface area contributed by atoms with Crippen LogP contribution in [-0.4, -0.2) is 5.78 Å². The second-order valence-electron chi connectivity index (χ2n) is 4.66. The molecule has 19 heavy (non-hydrogen) atoms. The molecule has 0 N–H and O–H groups in total. The number of aryl methyl sites for hydroxylation is 2. The molecule has 1 nitrogen and oxygen atoms in total. The fraction of sp³-hybridized carbons (Fsp3) is 0.188. The van der Waals surface area contributed by atoms with E-state index >= 15 is 0 Å². The first-order valence-electron chi connectivity index (χ1n) is 5.98. The van der Waals surface area contributed by atoms with Gasteiger partial charge in [-0.15, -0.1) is 0 Å². The van der Waals surface area contributed by atoms with E-state index in [0.717, 1.165) is 16.7 Å². The average molecular weight is 293 g/mol. The Bertz CT molecular complexity index is 660. The molecule has 0 aromatic heterocycles. The van der Waals surface area contributed by atoms with Crippen LogP contribution in [0.25, 0.3) is 0 Å². The van der Waals surface area contributed by atoms with Gasteiger partial charge in [0.25, 0.3) is 0 Å². The van der Waals surface area contributed by atoms with E-state index in [9.17, 15) is 4.79 Å². The summed E-state index contributed by atoms with van der Waals surface area (Å²) in [4.78, 5) is 12.6. The lowest BCUT2D eigenvalue weighted by Crippen LogP contribution is -2.06. The van der Waals surface area contributed by atoms with E-state index in [0.29, 0.717) is 21.2 Å². The molecule has 2 aromatic carbocycles. The first kappa shape index (κ1) is 14.1. The maximum Gasteiger partial charge on any atom is 0.193 e. The summed E-state index contributed by atoms with van der Waals surface area (Å²) in [5.74, 6) is -0.0164. The zero-order valence-electron chi connectivity index (χ0n) is 11.1. The number of halogens is 2. The Balaban J connectivity index is 2.56. The van der Waals surface area contributed by atoms with E-state index in [2.05, 4.69) is 0 Å². The molecule has 0 aliphatic carbocycles. The zero-order valence-corrected chi connectivity index (χ0v) is 12.6. The Kier molecular flexibility index (Phi) is 3.98. The van der Waals surface area contributed by atoms with Gasteiger partial charge in [-0.1, -0.05) is 35.3 Å². The van der Waals surface area contributed by atoms with Crippen LogP contribution in [0.5, 0.6) is 0 Å². The molecule has 0 saturated heterocycles. The lowest BCUT2D eigenvalue weighted by atomic mass is 9.95. The largest absolute Gasteiger partial charge is 0.289 e. The Hall–Kier alpha value is -1.31. The molecule has 0 unspecified atom stereocenters. The summed E-state index contributed by atoms with van der Waals surface area (Å²) < 4.78 is 0. The second-order valence-corrected chi connectivity index (χ2v) is 5.47. The van der Waals surface area contributed by atoms with Gasteiger partial charge >= 0.3 is 0 Å². The first-order chi connectivity index (χ1) is 8.91. The normalized spacial score (nSPS) is 10.6. The maximum atomic E-state index is 12.6. The monoisotopic (exact) mass is 292 g/mol. The van der Waals surface area contributed by atoms with E-state index in [1.807, 2.05) is 32.9 Å². The van der Waals surface area contributed by atoms with Crippen LogP contribution >= 0.6 is 23.2 Å². The van der Waals surface area contributed by atoms with Crippen LogP contribution in [0.1, 0.15) is 32.6 Å². The molecule has 3 heteroatoms. The molecule has 2 aromatic rings. The van der Waals surface area contributed by atoms with E-state index in [1.165, 1.54) is 0 Å². The van der Waals surface area contributed by atoms with Crippen molar-refractivity contribution in [2.75, 3.05) is 0 Å². The number of carbonyl (C=O) groups is 1. The van der Waals surface area contributed by atoms with E-state index in [1.54, 1.807) is 18.2 Å². The van der Waals surface area contributed by atoms with Gasteiger partial charge in [0, 0.05) is 21.2 Å². The molecule has 0 saturated carbocycles. The molecule has 0 fully saturated rings. The molecule has 0 amide bonds. The molecule has 0 bridgehead atoms. The third-order valence-corrected chi connectivity index (χ3v) is 4.08. The molecule has 0 aliphatic rings. The van der Waals surface area contributed by atoms with E-state index in [4.69, 9.17) is 23.2 Å². The average Bonchev–Trinajstić information content (AvgIpc) is 2.36. The Labute approximate surface area is 123 Å². The van der Waals surface area contributed by atoms with Crippen LogP contribution in [0.2, 0.25) is 10.0 Å². The van der Waals surface area contributed by atoms with Crippen molar-refractivity contribution in [2.45, 2.75) is 20.8 Å². The predicted molar refractivity (Wildman–Crippen MR) is 80.5 cm³/mol. The number of hydrogen-bond donors (Lipinski definition) is 0. The molecular weight excluding hydrogens is 279 g/mol. The predicted octanol–water partition coefficient (Wildman–Crippen LogP) is 5.15. The van der Waals surface area contributed by atoms with Gasteiger partial charge in [-0.2, -0.15) is 0 Å². The van der Waals surface area contributed by atoms with Crippen LogP contribution in [0.15, 0.2) is 30.3 Å². The molecule has 0 atom stereocenters. The van der Waals surface area contributed by atoms with Crippen molar-refractivity contribution in [3.8, 4) is 0 Å². The highest BCUT2D eigenvalue weighted by Gasteiger charge is 2.16. The number of ketones is 1. The van der Waals surface area contributed by atoms with Crippen molar-refractivity contribution in [1.29, 1.82) is 0 Å². The van der Waals surface area contributed by atoms with Gasteiger partial charge in [0.15, 0.2) is 5.78 Å². The molecular formula is C16H14Cl2O. The van der Waals surface area contributed by atoms with Crippen molar-refractivity contribution in [1.82, 2.24) is 0 Å². The summed E-state index contributed by atoms with van der Waals surface area (Å²) in [6.07, 6.45) is 0. The van der Waals surface area contributed by atoms with E-state index in [-0.39, 0.29) is 5.78 Å². The standard InChI is InChI=1S/C16H14Cl2O/c1-9-8-15(18)10(2)7-13(9)16(19)12-5-4-6-14(17)11(12)3/h4-8H,1-3H3. The molecule has 2 rings (SSSR count). The highest BCUT2D eigenvalue weighted by molar-refractivity contribution is 6.32. The highest BCUT2D eigenvalue weighted by atomic mass is 35.5. The minimum Gasteiger partial charge on any atom is -0.289 e. The maximum absolute atomic E-state index is 12.6. The fourth-order valence-electron chi connectivity index (χ4n) is 2.02. The summed E-state index contributed by atoms with van der Waals surface area (Å²) in [7, 11) is 0. The Morgan fingerprint density at radius 1 is 0.895 bits per heavy atom.